The summed E-state index contributed by atoms with van der Waals surface area (Å²) in [5.41, 5.74) is 0. The number of benzene rings is 2. The molecule has 1 aromatic heterocycles. The lowest BCUT2D eigenvalue weighted by molar-refractivity contribution is -0.123. The summed E-state index contributed by atoms with van der Waals surface area (Å²) in [6.45, 7) is -0.107. The largest absolute Gasteiger partial charge is 0.491 e. The SMILES string of the molecule is O=C1S/C(=C\c2cccs2)C(=O)N1CC(O)COc1ccc2ccccc2c1. The number of thioether (sulfide) groups is 1. The first-order chi connectivity index (χ1) is 13.6. The highest BCUT2D eigenvalue weighted by Gasteiger charge is 2.36. The Kier molecular flexibility index (Phi) is 5.47. The van der Waals surface area contributed by atoms with Crippen molar-refractivity contribution in [2.24, 2.45) is 0 Å². The lowest BCUT2D eigenvalue weighted by Gasteiger charge is -2.18. The number of aliphatic hydroxyl groups excluding tert-OH is 1. The normalized spacial score (nSPS) is 16.9. The number of β-amino-alcohol motifs (C(OH)–C–C–N with tert-alkyl or cyclic N) is 1. The molecule has 1 fully saturated rings. The number of rotatable bonds is 6. The molecule has 7 heteroatoms. The van der Waals surface area contributed by atoms with Crippen LogP contribution in [0.4, 0.5) is 4.79 Å². The van der Waals surface area contributed by atoms with Crippen LogP contribution in [-0.4, -0.2) is 40.4 Å². The van der Waals surface area contributed by atoms with Crippen LogP contribution in [0.25, 0.3) is 16.8 Å². The van der Waals surface area contributed by atoms with E-state index in [1.807, 2.05) is 60.0 Å². The maximum Gasteiger partial charge on any atom is 0.293 e. The molecule has 0 radical (unpaired) electrons. The topological polar surface area (TPSA) is 66.8 Å². The van der Waals surface area contributed by atoms with Gasteiger partial charge in [-0.1, -0.05) is 36.4 Å². The minimum atomic E-state index is -0.971. The quantitative estimate of drug-likeness (QED) is 0.610. The number of hydrogen-bond acceptors (Lipinski definition) is 6. The van der Waals surface area contributed by atoms with E-state index in [-0.39, 0.29) is 24.3 Å². The van der Waals surface area contributed by atoms with Crippen molar-refractivity contribution >= 4 is 51.1 Å². The lowest BCUT2D eigenvalue weighted by atomic mass is 10.1. The Balaban J connectivity index is 1.37. The summed E-state index contributed by atoms with van der Waals surface area (Å²) < 4.78 is 5.65. The third-order valence-corrected chi connectivity index (χ3v) is 5.97. The van der Waals surface area contributed by atoms with E-state index in [0.717, 1.165) is 32.3 Å². The Morgan fingerprint density at radius 2 is 1.89 bits per heavy atom. The Bertz CT molecular complexity index is 1050. The molecule has 2 heterocycles. The molecule has 5 nitrogen and oxygen atoms in total. The summed E-state index contributed by atoms with van der Waals surface area (Å²) in [5.74, 6) is 0.248. The number of carbonyl (C=O) groups is 2. The third kappa shape index (κ3) is 4.11. The summed E-state index contributed by atoms with van der Waals surface area (Å²) in [6.07, 6.45) is 0.731. The van der Waals surface area contributed by atoms with E-state index < -0.39 is 6.10 Å². The van der Waals surface area contributed by atoms with Crippen LogP contribution in [0.1, 0.15) is 4.88 Å². The number of fused-ring (bicyclic) bond motifs is 1. The van der Waals surface area contributed by atoms with Crippen LogP contribution in [-0.2, 0) is 4.79 Å². The van der Waals surface area contributed by atoms with Crippen molar-refractivity contribution in [3.63, 3.8) is 0 Å². The Hall–Kier alpha value is -2.61. The summed E-state index contributed by atoms with van der Waals surface area (Å²) >= 11 is 2.38. The predicted molar refractivity (Wildman–Crippen MR) is 112 cm³/mol. The molecule has 0 bridgehead atoms. The first kappa shape index (κ1) is 18.7. The molecule has 0 saturated carbocycles. The van der Waals surface area contributed by atoms with Gasteiger partial charge in [-0.25, -0.2) is 0 Å². The van der Waals surface area contributed by atoms with E-state index in [0.29, 0.717) is 10.7 Å². The van der Waals surface area contributed by atoms with Gasteiger partial charge in [0, 0.05) is 4.88 Å². The second-order valence-electron chi connectivity index (χ2n) is 6.28. The average molecular weight is 412 g/mol. The van der Waals surface area contributed by atoms with E-state index in [9.17, 15) is 14.7 Å². The highest BCUT2D eigenvalue weighted by atomic mass is 32.2. The number of nitrogens with zero attached hydrogens (tertiary/aromatic N) is 1. The number of hydrogen-bond donors (Lipinski definition) is 1. The van der Waals surface area contributed by atoms with Crippen molar-refractivity contribution in [2.75, 3.05) is 13.2 Å². The first-order valence-corrected chi connectivity index (χ1v) is 10.4. The minimum absolute atomic E-state index is 0.00988. The van der Waals surface area contributed by atoms with Gasteiger partial charge in [0.25, 0.3) is 11.1 Å². The van der Waals surface area contributed by atoms with Crippen LogP contribution in [0.15, 0.2) is 64.9 Å². The lowest BCUT2D eigenvalue weighted by Crippen LogP contribution is -2.38. The highest BCUT2D eigenvalue weighted by molar-refractivity contribution is 8.18. The van der Waals surface area contributed by atoms with Crippen LogP contribution < -0.4 is 4.74 Å². The summed E-state index contributed by atoms with van der Waals surface area (Å²) in [4.78, 5) is 27.0. The van der Waals surface area contributed by atoms with Crippen LogP contribution in [0.5, 0.6) is 5.75 Å². The maximum atomic E-state index is 12.5. The van der Waals surface area contributed by atoms with E-state index in [1.54, 1.807) is 6.08 Å². The fraction of sp³-hybridized carbons (Fsp3) is 0.143. The Labute approximate surface area is 170 Å². The van der Waals surface area contributed by atoms with Crippen molar-refractivity contribution in [3.8, 4) is 5.75 Å². The zero-order valence-corrected chi connectivity index (χ0v) is 16.4. The monoisotopic (exact) mass is 411 g/mol. The van der Waals surface area contributed by atoms with E-state index in [1.165, 1.54) is 11.3 Å². The number of aliphatic hydroxyl groups is 1. The van der Waals surface area contributed by atoms with Crippen LogP contribution in [0, 0.1) is 0 Å². The van der Waals surface area contributed by atoms with Gasteiger partial charge in [0.2, 0.25) is 0 Å². The van der Waals surface area contributed by atoms with Gasteiger partial charge in [0.1, 0.15) is 18.5 Å². The Morgan fingerprint density at radius 1 is 1.07 bits per heavy atom. The smallest absolute Gasteiger partial charge is 0.293 e. The highest BCUT2D eigenvalue weighted by Crippen LogP contribution is 2.33. The maximum absolute atomic E-state index is 12.5. The molecule has 1 N–H and O–H groups in total. The van der Waals surface area contributed by atoms with Crippen LogP contribution >= 0.6 is 23.1 Å². The molecule has 28 heavy (non-hydrogen) atoms. The van der Waals surface area contributed by atoms with Crippen LogP contribution in [0.2, 0.25) is 0 Å². The molecule has 1 unspecified atom stereocenters. The number of imide groups is 1. The fourth-order valence-corrected chi connectivity index (χ4v) is 4.44. The van der Waals surface area contributed by atoms with Gasteiger partial charge in [-0.05, 0) is 52.2 Å². The first-order valence-electron chi connectivity index (χ1n) is 8.69. The Morgan fingerprint density at radius 3 is 2.68 bits per heavy atom. The molecule has 1 atom stereocenters. The van der Waals surface area contributed by atoms with Crippen molar-refractivity contribution in [2.45, 2.75) is 6.10 Å². The van der Waals surface area contributed by atoms with E-state index >= 15 is 0 Å². The molecule has 0 spiro atoms. The predicted octanol–water partition coefficient (Wildman–Crippen LogP) is 4.38. The summed E-state index contributed by atoms with van der Waals surface area (Å²) in [6, 6.07) is 17.4. The number of thiophene rings is 1. The standard InChI is InChI=1S/C21H17NO4S2/c23-16(13-26-17-8-7-14-4-1-2-5-15(14)10-17)12-22-20(24)19(28-21(22)25)11-18-6-3-9-27-18/h1-11,16,23H,12-13H2/b19-11-. The molecule has 0 aliphatic carbocycles. The molecule has 3 aromatic rings. The van der Waals surface area contributed by atoms with Crippen molar-refractivity contribution < 1.29 is 19.4 Å². The molecule has 1 saturated heterocycles. The zero-order chi connectivity index (χ0) is 19.5. The third-order valence-electron chi connectivity index (χ3n) is 4.25. The van der Waals surface area contributed by atoms with Crippen LogP contribution in [0.3, 0.4) is 0 Å². The number of amides is 2. The molecule has 1 aliphatic rings. The van der Waals surface area contributed by atoms with Crippen molar-refractivity contribution in [3.05, 3.63) is 69.8 Å². The molecular formula is C21H17NO4S2. The van der Waals surface area contributed by atoms with E-state index in [4.69, 9.17) is 4.74 Å². The molecule has 2 amide bonds. The zero-order valence-electron chi connectivity index (χ0n) is 14.8. The summed E-state index contributed by atoms with van der Waals surface area (Å²) in [7, 11) is 0. The molecule has 142 valence electrons. The molecule has 2 aromatic carbocycles. The van der Waals surface area contributed by atoms with Gasteiger partial charge in [-0.2, -0.15) is 0 Å². The number of ether oxygens (including phenoxy) is 1. The minimum Gasteiger partial charge on any atom is -0.491 e. The van der Waals surface area contributed by atoms with Gasteiger partial charge in [-0.15, -0.1) is 11.3 Å². The van der Waals surface area contributed by atoms with Gasteiger partial charge in [0.15, 0.2) is 0 Å². The molecule has 4 rings (SSSR count). The van der Waals surface area contributed by atoms with Gasteiger partial charge in [0.05, 0.1) is 11.4 Å². The van der Waals surface area contributed by atoms with Gasteiger partial charge >= 0.3 is 0 Å². The second kappa shape index (κ2) is 8.18. The summed E-state index contributed by atoms with van der Waals surface area (Å²) in [5, 5.41) is 13.9. The van der Waals surface area contributed by atoms with Crippen molar-refractivity contribution in [1.82, 2.24) is 4.90 Å². The average Bonchev–Trinajstić information content (AvgIpc) is 3.30. The second-order valence-corrected chi connectivity index (χ2v) is 8.25. The molecular weight excluding hydrogens is 394 g/mol. The van der Waals surface area contributed by atoms with Gasteiger partial charge in [-0.3, -0.25) is 14.5 Å². The van der Waals surface area contributed by atoms with E-state index in [2.05, 4.69) is 0 Å². The van der Waals surface area contributed by atoms with Gasteiger partial charge < -0.3 is 9.84 Å². The van der Waals surface area contributed by atoms with Crippen molar-refractivity contribution in [1.29, 1.82) is 0 Å². The fourth-order valence-electron chi connectivity index (χ4n) is 2.87. The molecule has 1 aliphatic heterocycles. The number of carbonyl (C=O) groups excluding carboxylic acids is 2.